The van der Waals surface area contributed by atoms with Crippen molar-refractivity contribution in [1.29, 1.82) is 0 Å². The first-order chi connectivity index (χ1) is 12.8. The van der Waals surface area contributed by atoms with Crippen molar-refractivity contribution in [3.63, 3.8) is 0 Å². The molecule has 10 heteroatoms. The molecule has 1 aliphatic rings. The quantitative estimate of drug-likeness (QED) is 0.703. The van der Waals surface area contributed by atoms with Gasteiger partial charge >= 0.3 is 0 Å². The van der Waals surface area contributed by atoms with Crippen LogP contribution in [0.5, 0.6) is 0 Å². The summed E-state index contributed by atoms with van der Waals surface area (Å²) in [7, 11) is -3.58. The Morgan fingerprint density at radius 2 is 2.07 bits per heavy atom. The van der Waals surface area contributed by atoms with E-state index in [0.29, 0.717) is 44.9 Å². The van der Waals surface area contributed by atoms with Crippen molar-refractivity contribution < 1.29 is 23.1 Å². The Kier molecular flexibility index (Phi) is 5.80. The summed E-state index contributed by atoms with van der Waals surface area (Å²) in [5, 5.41) is 11.9. The van der Waals surface area contributed by atoms with Gasteiger partial charge in [-0.2, -0.15) is 4.31 Å². The number of nitrogens with one attached hydrogen (secondary N) is 1. The smallest absolute Gasteiger partial charge is 0.248 e. The minimum Gasteiger partial charge on any atom is -0.384 e. The third-order valence-corrected chi connectivity index (χ3v) is 6.43. The van der Waals surface area contributed by atoms with E-state index in [4.69, 9.17) is 4.74 Å². The van der Waals surface area contributed by atoms with Crippen molar-refractivity contribution >= 4 is 27.0 Å². The highest BCUT2D eigenvalue weighted by molar-refractivity contribution is 7.89. The van der Waals surface area contributed by atoms with Crippen LogP contribution in [0.3, 0.4) is 0 Å². The highest BCUT2D eigenvalue weighted by atomic mass is 32.2. The second-order valence-electron chi connectivity index (χ2n) is 6.44. The molecule has 1 aromatic carbocycles. The molecule has 2 aromatic rings. The van der Waals surface area contributed by atoms with E-state index in [-0.39, 0.29) is 4.90 Å². The van der Waals surface area contributed by atoms with Crippen LogP contribution in [-0.4, -0.2) is 72.2 Å². The van der Waals surface area contributed by atoms with E-state index in [1.807, 2.05) is 11.5 Å². The Balaban J connectivity index is 1.82. The minimum absolute atomic E-state index is 0.212. The molecular weight excluding hydrogens is 372 g/mol. The lowest BCUT2D eigenvalue weighted by Gasteiger charge is -2.26. The fraction of sp³-hybridized carbons (Fsp3) is 0.529. The predicted molar refractivity (Wildman–Crippen MR) is 98.7 cm³/mol. The average molecular weight is 396 g/mol. The number of aromatic nitrogens is 2. The van der Waals surface area contributed by atoms with E-state index in [1.54, 1.807) is 18.2 Å². The number of hydrogen-bond donors (Lipinski definition) is 2. The Bertz CT molecular complexity index is 932. The van der Waals surface area contributed by atoms with Crippen LogP contribution in [0.4, 0.5) is 0 Å². The zero-order valence-electron chi connectivity index (χ0n) is 15.4. The summed E-state index contributed by atoms with van der Waals surface area (Å²) in [6.07, 6.45) is -1.06. The number of nitrogens with zero attached hydrogens (tertiary/aromatic N) is 3. The number of rotatable bonds is 6. The molecule has 0 bridgehead atoms. The maximum atomic E-state index is 12.8. The van der Waals surface area contributed by atoms with Gasteiger partial charge in [0, 0.05) is 26.2 Å². The Labute approximate surface area is 158 Å². The Morgan fingerprint density at radius 1 is 1.37 bits per heavy atom. The molecule has 1 aromatic heterocycles. The van der Waals surface area contributed by atoms with Crippen LogP contribution >= 0.6 is 0 Å². The summed E-state index contributed by atoms with van der Waals surface area (Å²) < 4.78 is 34.1. The van der Waals surface area contributed by atoms with Gasteiger partial charge in [0.15, 0.2) is 0 Å². The van der Waals surface area contributed by atoms with Crippen LogP contribution in [-0.2, 0) is 26.1 Å². The fourth-order valence-electron chi connectivity index (χ4n) is 3.05. The summed E-state index contributed by atoms with van der Waals surface area (Å²) in [4.78, 5) is 16.1. The van der Waals surface area contributed by atoms with Gasteiger partial charge in [-0.05, 0) is 32.0 Å². The molecule has 9 nitrogen and oxygen atoms in total. The normalized spacial score (nSPS) is 17.1. The van der Waals surface area contributed by atoms with E-state index in [9.17, 15) is 18.3 Å². The van der Waals surface area contributed by atoms with E-state index < -0.39 is 22.0 Å². The minimum atomic E-state index is -3.58. The van der Waals surface area contributed by atoms with Crippen molar-refractivity contribution in [1.82, 2.24) is 19.2 Å². The van der Waals surface area contributed by atoms with Gasteiger partial charge in [-0.1, -0.05) is 0 Å². The molecule has 2 N–H and O–H groups in total. The molecule has 0 spiro atoms. The van der Waals surface area contributed by atoms with Crippen molar-refractivity contribution in [2.75, 3.05) is 32.8 Å². The number of carbonyl (C=O) groups excluding carboxylic acids is 1. The third-order valence-electron chi connectivity index (χ3n) is 4.53. The Hall–Kier alpha value is -2.01. The lowest BCUT2D eigenvalue weighted by atomic mass is 10.3. The number of benzene rings is 1. The number of sulfonamides is 1. The number of imidazole rings is 1. The van der Waals surface area contributed by atoms with E-state index >= 15 is 0 Å². The molecule has 2 heterocycles. The first-order valence-corrected chi connectivity index (χ1v) is 10.3. The third kappa shape index (κ3) is 4.13. The number of carbonyl (C=O) groups is 1. The molecule has 1 atom stereocenters. The van der Waals surface area contributed by atoms with Crippen molar-refractivity contribution in [2.45, 2.75) is 31.4 Å². The zero-order chi connectivity index (χ0) is 19.6. The highest BCUT2D eigenvalue weighted by Crippen LogP contribution is 2.23. The van der Waals surface area contributed by atoms with Gasteiger partial charge in [-0.25, -0.2) is 13.4 Å². The van der Waals surface area contributed by atoms with Gasteiger partial charge in [0.2, 0.25) is 15.9 Å². The number of aryl methyl sites for hydroxylation is 1. The van der Waals surface area contributed by atoms with Gasteiger partial charge in [-0.3, -0.25) is 4.79 Å². The van der Waals surface area contributed by atoms with Crippen molar-refractivity contribution in [3.05, 3.63) is 24.0 Å². The van der Waals surface area contributed by atoms with Gasteiger partial charge in [0.25, 0.3) is 0 Å². The molecule has 0 unspecified atom stereocenters. The van der Waals surface area contributed by atoms with Gasteiger partial charge in [0.1, 0.15) is 11.9 Å². The van der Waals surface area contributed by atoms with Crippen LogP contribution in [0.1, 0.15) is 12.7 Å². The van der Waals surface area contributed by atoms with Crippen LogP contribution < -0.4 is 5.32 Å². The first-order valence-electron chi connectivity index (χ1n) is 8.81. The Morgan fingerprint density at radius 3 is 2.74 bits per heavy atom. The van der Waals surface area contributed by atoms with Gasteiger partial charge in [0.05, 0.1) is 29.1 Å². The zero-order valence-corrected chi connectivity index (χ0v) is 16.2. The van der Waals surface area contributed by atoms with Crippen LogP contribution in [0.15, 0.2) is 23.1 Å². The molecule has 1 aliphatic heterocycles. The topological polar surface area (TPSA) is 114 Å². The second kappa shape index (κ2) is 7.93. The molecule has 0 radical (unpaired) electrons. The number of fused-ring (bicyclic) bond motifs is 1. The number of aliphatic hydroxyl groups excluding tert-OH is 1. The summed E-state index contributed by atoms with van der Waals surface area (Å²) >= 11 is 0. The average Bonchev–Trinajstić information content (AvgIpc) is 2.97. The molecule has 0 aliphatic carbocycles. The highest BCUT2D eigenvalue weighted by Gasteiger charge is 2.27. The maximum Gasteiger partial charge on any atom is 0.248 e. The second-order valence-corrected chi connectivity index (χ2v) is 8.38. The lowest BCUT2D eigenvalue weighted by molar-refractivity contribution is -0.128. The molecule has 27 heavy (non-hydrogen) atoms. The molecule has 1 fully saturated rings. The maximum absolute atomic E-state index is 12.8. The van der Waals surface area contributed by atoms with Crippen molar-refractivity contribution in [2.24, 2.45) is 0 Å². The molecule has 3 rings (SSSR count). The predicted octanol–water partition coefficient (Wildman–Crippen LogP) is -0.137. The molecule has 0 saturated carbocycles. The molecule has 1 amide bonds. The van der Waals surface area contributed by atoms with Crippen molar-refractivity contribution in [3.8, 4) is 0 Å². The number of amides is 1. The summed E-state index contributed by atoms with van der Waals surface area (Å²) in [6.45, 7) is 5.52. The number of aliphatic hydroxyl groups is 1. The van der Waals surface area contributed by atoms with Crippen LogP contribution in [0.2, 0.25) is 0 Å². The summed E-state index contributed by atoms with van der Waals surface area (Å²) in [5.41, 5.74) is 1.38. The van der Waals surface area contributed by atoms with E-state index in [2.05, 4.69) is 10.3 Å². The molecular formula is C17H24N4O5S. The summed E-state index contributed by atoms with van der Waals surface area (Å²) in [6, 6.07) is 4.90. The fourth-order valence-corrected chi connectivity index (χ4v) is 4.48. The SMILES string of the molecule is Cc1nc2cc(S(=O)(=O)N3CCOCC3)ccc2n1CCNC(=O)[C@@H](C)O. The largest absolute Gasteiger partial charge is 0.384 e. The monoisotopic (exact) mass is 396 g/mol. The van der Waals surface area contributed by atoms with Gasteiger partial charge < -0.3 is 19.7 Å². The molecule has 148 valence electrons. The van der Waals surface area contributed by atoms with E-state index in [1.165, 1.54) is 11.2 Å². The standard InChI is InChI=1S/C17H24N4O5S/c1-12(22)17(23)18-5-6-21-13(2)19-15-11-14(3-4-16(15)21)27(24,25)20-7-9-26-10-8-20/h3-4,11-12,22H,5-10H2,1-2H3,(H,18,23)/t12-/m1/s1. The van der Waals surface area contributed by atoms with E-state index in [0.717, 1.165) is 11.3 Å². The van der Waals surface area contributed by atoms with Crippen LogP contribution in [0, 0.1) is 6.92 Å². The number of hydrogen-bond acceptors (Lipinski definition) is 6. The number of morpholine rings is 1. The van der Waals surface area contributed by atoms with Crippen LogP contribution in [0.25, 0.3) is 11.0 Å². The molecule has 1 saturated heterocycles. The lowest BCUT2D eigenvalue weighted by Crippen LogP contribution is -2.40. The van der Waals surface area contributed by atoms with Gasteiger partial charge in [-0.15, -0.1) is 0 Å². The number of ether oxygens (including phenoxy) is 1. The summed E-state index contributed by atoms with van der Waals surface area (Å²) in [5.74, 6) is 0.285. The first kappa shape index (κ1) is 19.7.